The molecule has 3 nitrogen and oxygen atoms in total. The van der Waals surface area contributed by atoms with Crippen molar-refractivity contribution in [1.29, 1.82) is 0 Å². The van der Waals surface area contributed by atoms with E-state index < -0.39 is 17.5 Å². The number of rotatable bonds is 3. The van der Waals surface area contributed by atoms with E-state index in [1.165, 1.54) is 12.1 Å². The van der Waals surface area contributed by atoms with Gasteiger partial charge in [0.15, 0.2) is 5.79 Å². The Hall–Kier alpha value is -1.11. The van der Waals surface area contributed by atoms with Crippen LogP contribution in [0.2, 0.25) is 0 Å². The lowest BCUT2D eigenvalue weighted by atomic mass is 10.0. The van der Waals surface area contributed by atoms with Gasteiger partial charge in [-0.05, 0) is 18.1 Å². The number of hydrogen-bond acceptors (Lipinski definition) is 3. The van der Waals surface area contributed by atoms with Gasteiger partial charge in [-0.3, -0.25) is 0 Å². The monoisotopic (exact) mass is 315 g/mol. The zero-order valence-electron chi connectivity index (χ0n) is 12.4. The first kappa shape index (κ1) is 15.8. The SMILES string of the molecule is FC(F)(F)c1cccc(CCN2CCC3(CC2)OCCO3)c1. The fourth-order valence-electron chi connectivity index (χ4n) is 3.09. The highest BCUT2D eigenvalue weighted by molar-refractivity contribution is 5.25. The molecule has 3 rings (SSSR count). The number of nitrogens with zero attached hydrogens (tertiary/aromatic N) is 1. The van der Waals surface area contributed by atoms with Gasteiger partial charge in [-0.25, -0.2) is 0 Å². The summed E-state index contributed by atoms with van der Waals surface area (Å²) in [6, 6.07) is 5.59. The molecule has 2 aliphatic rings. The molecule has 1 aromatic carbocycles. The van der Waals surface area contributed by atoms with Crippen LogP contribution >= 0.6 is 0 Å². The number of piperidine rings is 1. The minimum Gasteiger partial charge on any atom is -0.347 e. The van der Waals surface area contributed by atoms with Crippen LogP contribution in [-0.2, 0) is 22.1 Å². The highest BCUT2D eigenvalue weighted by atomic mass is 19.4. The smallest absolute Gasteiger partial charge is 0.347 e. The van der Waals surface area contributed by atoms with Crippen molar-refractivity contribution in [2.75, 3.05) is 32.8 Å². The summed E-state index contributed by atoms with van der Waals surface area (Å²) in [5.41, 5.74) is 0.152. The van der Waals surface area contributed by atoms with Crippen molar-refractivity contribution in [3.05, 3.63) is 35.4 Å². The van der Waals surface area contributed by atoms with E-state index in [0.29, 0.717) is 19.6 Å². The van der Waals surface area contributed by atoms with Gasteiger partial charge in [0.2, 0.25) is 0 Å². The molecule has 22 heavy (non-hydrogen) atoms. The van der Waals surface area contributed by atoms with E-state index in [9.17, 15) is 13.2 Å². The van der Waals surface area contributed by atoms with Gasteiger partial charge >= 0.3 is 6.18 Å². The summed E-state index contributed by atoms with van der Waals surface area (Å²) in [5.74, 6) is -0.396. The van der Waals surface area contributed by atoms with Crippen LogP contribution in [0, 0.1) is 0 Å². The lowest BCUT2D eigenvalue weighted by Gasteiger charge is -2.37. The molecule has 0 atom stereocenters. The molecular weight excluding hydrogens is 295 g/mol. The van der Waals surface area contributed by atoms with E-state index >= 15 is 0 Å². The number of alkyl halides is 3. The van der Waals surface area contributed by atoms with E-state index in [2.05, 4.69) is 4.90 Å². The second kappa shape index (κ2) is 6.18. The van der Waals surface area contributed by atoms with E-state index in [1.807, 2.05) is 0 Å². The normalized spacial score (nSPS) is 22.3. The van der Waals surface area contributed by atoms with Gasteiger partial charge in [0.25, 0.3) is 0 Å². The number of ether oxygens (including phenoxy) is 2. The minimum atomic E-state index is -4.27. The van der Waals surface area contributed by atoms with Gasteiger partial charge in [-0.2, -0.15) is 13.2 Å². The Kier molecular flexibility index (Phi) is 4.43. The second-order valence-electron chi connectivity index (χ2n) is 5.90. The summed E-state index contributed by atoms with van der Waals surface area (Å²) >= 11 is 0. The summed E-state index contributed by atoms with van der Waals surface area (Å²) in [5, 5.41) is 0. The van der Waals surface area contributed by atoms with Crippen LogP contribution in [0.4, 0.5) is 13.2 Å². The first-order chi connectivity index (χ1) is 10.5. The third kappa shape index (κ3) is 3.62. The molecule has 0 aliphatic carbocycles. The minimum absolute atomic E-state index is 0.396. The Labute approximate surface area is 128 Å². The Balaban J connectivity index is 1.51. The molecule has 0 N–H and O–H groups in total. The third-order valence-electron chi connectivity index (χ3n) is 4.40. The molecule has 0 amide bonds. The van der Waals surface area contributed by atoms with Crippen LogP contribution in [0.3, 0.4) is 0 Å². The zero-order valence-corrected chi connectivity index (χ0v) is 12.4. The molecule has 0 aromatic heterocycles. The average Bonchev–Trinajstić information content (AvgIpc) is 2.95. The number of likely N-dealkylation sites (tertiary alicyclic amines) is 1. The number of hydrogen-bond donors (Lipinski definition) is 0. The van der Waals surface area contributed by atoms with Crippen molar-refractivity contribution in [2.45, 2.75) is 31.2 Å². The molecule has 0 radical (unpaired) electrons. The van der Waals surface area contributed by atoms with Crippen LogP contribution in [0.1, 0.15) is 24.0 Å². The van der Waals surface area contributed by atoms with Crippen molar-refractivity contribution in [3.8, 4) is 0 Å². The van der Waals surface area contributed by atoms with Crippen LogP contribution in [-0.4, -0.2) is 43.5 Å². The van der Waals surface area contributed by atoms with Gasteiger partial charge in [-0.15, -0.1) is 0 Å². The first-order valence-corrected chi connectivity index (χ1v) is 7.63. The van der Waals surface area contributed by atoms with Gasteiger partial charge in [0.1, 0.15) is 0 Å². The maximum Gasteiger partial charge on any atom is 0.416 e. The molecule has 0 bridgehead atoms. The summed E-state index contributed by atoms with van der Waals surface area (Å²) in [6.45, 7) is 3.80. The maximum atomic E-state index is 12.7. The molecular formula is C16H20F3NO2. The maximum absolute atomic E-state index is 12.7. The van der Waals surface area contributed by atoms with Gasteiger partial charge in [0, 0.05) is 32.5 Å². The van der Waals surface area contributed by atoms with E-state index in [1.54, 1.807) is 6.07 Å². The van der Waals surface area contributed by atoms with E-state index in [4.69, 9.17) is 9.47 Å². The Morgan fingerprint density at radius 2 is 1.77 bits per heavy atom. The van der Waals surface area contributed by atoms with Crippen molar-refractivity contribution >= 4 is 0 Å². The van der Waals surface area contributed by atoms with Crippen LogP contribution in [0.15, 0.2) is 24.3 Å². The molecule has 6 heteroatoms. The number of benzene rings is 1. The summed E-state index contributed by atoms with van der Waals surface area (Å²) < 4.78 is 49.4. The quantitative estimate of drug-likeness (QED) is 0.855. The second-order valence-corrected chi connectivity index (χ2v) is 5.90. The lowest BCUT2D eigenvalue weighted by molar-refractivity contribution is -0.185. The fourth-order valence-corrected chi connectivity index (χ4v) is 3.09. The third-order valence-corrected chi connectivity index (χ3v) is 4.40. The highest BCUT2D eigenvalue weighted by Crippen LogP contribution is 2.32. The fraction of sp³-hybridized carbons (Fsp3) is 0.625. The molecule has 2 saturated heterocycles. The van der Waals surface area contributed by atoms with Gasteiger partial charge < -0.3 is 14.4 Å². The molecule has 122 valence electrons. The molecule has 2 heterocycles. The predicted molar refractivity (Wildman–Crippen MR) is 75.5 cm³/mol. The summed E-state index contributed by atoms with van der Waals surface area (Å²) in [4.78, 5) is 2.26. The Morgan fingerprint density at radius 1 is 1.09 bits per heavy atom. The van der Waals surface area contributed by atoms with E-state index in [0.717, 1.165) is 44.1 Å². The van der Waals surface area contributed by atoms with Crippen molar-refractivity contribution in [1.82, 2.24) is 4.90 Å². The predicted octanol–water partition coefficient (Wildman–Crippen LogP) is 3.09. The highest BCUT2D eigenvalue weighted by Gasteiger charge is 2.39. The first-order valence-electron chi connectivity index (χ1n) is 7.63. The lowest BCUT2D eigenvalue weighted by Crippen LogP contribution is -2.45. The van der Waals surface area contributed by atoms with Crippen LogP contribution in [0.25, 0.3) is 0 Å². The van der Waals surface area contributed by atoms with Gasteiger partial charge in [-0.1, -0.05) is 18.2 Å². The van der Waals surface area contributed by atoms with Crippen molar-refractivity contribution in [3.63, 3.8) is 0 Å². The number of halogens is 3. The van der Waals surface area contributed by atoms with Crippen LogP contribution in [0.5, 0.6) is 0 Å². The molecule has 0 unspecified atom stereocenters. The van der Waals surface area contributed by atoms with Gasteiger partial charge in [0.05, 0.1) is 18.8 Å². The average molecular weight is 315 g/mol. The van der Waals surface area contributed by atoms with Crippen molar-refractivity contribution < 1.29 is 22.6 Å². The molecule has 1 aromatic rings. The standard InChI is InChI=1S/C16H20F3NO2/c17-16(18,19)14-3-1-2-13(12-14)4-7-20-8-5-15(6-9-20)21-10-11-22-15/h1-3,12H,4-11H2. The van der Waals surface area contributed by atoms with E-state index in [-0.39, 0.29) is 0 Å². The topological polar surface area (TPSA) is 21.7 Å². The Morgan fingerprint density at radius 3 is 2.41 bits per heavy atom. The van der Waals surface area contributed by atoms with Crippen LogP contribution < -0.4 is 0 Å². The molecule has 0 saturated carbocycles. The molecule has 1 spiro atoms. The zero-order chi connectivity index (χ0) is 15.6. The molecule has 2 fully saturated rings. The summed E-state index contributed by atoms with van der Waals surface area (Å²) in [6.07, 6.45) is -1.99. The summed E-state index contributed by atoms with van der Waals surface area (Å²) in [7, 11) is 0. The Bertz CT molecular complexity index is 502. The van der Waals surface area contributed by atoms with Crippen molar-refractivity contribution in [2.24, 2.45) is 0 Å². The largest absolute Gasteiger partial charge is 0.416 e. The molecule has 2 aliphatic heterocycles.